The Morgan fingerprint density at radius 3 is 2.67 bits per heavy atom. The number of methoxy groups -OCH3 is 1. The molecule has 6 nitrogen and oxygen atoms in total. The van der Waals surface area contributed by atoms with E-state index in [1.807, 2.05) is 19.2 Å². The van der Waals surface area contributed by atoms with Crippen molar-refractivity contribution in [2.75, 3.05) is 33.9 Å². The van der Waals surface area contributed by atoms with Gasteiger partial charge in [-0.1, -0.05) is 42.5 Å². The van der Waals surface area contributed by atoms with Gasteiger partial charge in [-0.15, -0.1) is 0 Å². The van der Waals surface area contributed by atoms with E-state index in [0.29, 0.717) is 31.8 Å². The van der Waals surface area contributed by atoms with Gasteiger partial charge >= 0.3 is 0 Å². The van der Waals surface area contributed by atoms with E-state index < -0.39 is 0 Å². The molecule has 2 aromatic carbocycles. The Hall–Kier alpha value is -2.57. The number of benzene rings is 2. The zero-order valence-corrected chi connectivity index (χ0v) is 18.3. The highest BCUT2D eigenvalue weighted by molar-refractivity contribution is 5.80. The molecule has 2 aromatic rings. The van der Waals surface area contributed by atoms with Crippen molar-refractivity contribution in [3.8, 4) is 5.75 Å². The van der Waals surface area contributed by atoms with Crippen LogP contribution in [0.25, 0.3) is 0 Å². The summed E-state index contributed by atoms with van der Waals surface area (Å²) in [5.41, 5.74) is 2.51. The van der Waals surface area contributed by atoms with Crippen LogP contribution < -0.4 is 15.4 Å². The van der Waals surface area contributed by atoms with Gasteiger partial charge in [-0.3, -0.25) is 9.89 Å². The zero-order valence-electron chi connectivity index (χ0n) is 18.3. The van der Waals surface area contributed by atoms with Crippen LogP contribution in [0.2, 0.25) is 0 Å². The predicted octanol–water partition coefficient (Wildman–Crippen LogP) is 3.04. The fraction of sp³-hybridized carbons (Fsp3) is 0.458. The SMILES string of the molecule is CN=C(NCc1cccc(OCCOC)c1)NC1CC(C)N(Cc2ccccc2)C1. The Balaban J connectivity index is 1.47. The number of nitrogens with zero attached hydrogens (tertiary/aromatic N) is 2. The van der Waals surface area contributed by atoms with E-state index >= 15 is 0 Å². The van der Waals surface area contributed by atoms with Gasteiger partial charge in [0.15, 0.2) is 5.96 Å². The van der Waals surface area contributed by atoms with E-state index in [1.54, 1.807) is 7.11 Å². The third-order valence-corrected chi connectivity index (χ3v) is 5.41. The molecule has 0 radical (unpaired) electrons. The summed E-state index contributed by atoms with van der Waals surface area (Å²) in [5, 5.41) is 7.01. The van der Waals surface area contributed by atoms with Gasteiger partial charge < -0.3 is 20.1 Å². The lowest BCUT2D eigenvalue weighted by Crippen LogP contribution is -2.44. The van der Waals surface area contributed by atoms with Crippen LogP contribution in [0.1, 0.15) is 24.5 Å². The topological polar surface area (TPSA) is 58.1 Å². The van der Waals surface area contributed by atoms with Gasteiger partial charge in [0, 0.05) is 45.9 Å². The van der Waals surface area contributed by atoms with Gasteiger partial charge in [0.2, 0.25) is 0 Å². The number of rotatable bonds is 9. The maximum Gasteiger partial charge on any atom is 0.191 e. The highest BCUT2D eigenvalue weighted by Crippen LogP contribution is 2.20. The molecule has 162 valence electrons. The van der Waals surface area contributed by atoms with E-state index in [-0.39, 0.29) is 0 Å². The number of hydrogen-bond donors (Lipinski definition) is 2. The molecular weight excluding hydrogens is 376 g/mol. The second-order valence-corrected chi connectivity index (χ2v) is 7.76. The normalized spacial score (nSPS) is 19.6. The van der Waals surface area contributed by atoms with Crippen molar-refractivity contribution in [3.63, 3.8) is 0 Å². The number of hydrogen-bond acceptors (Lipinski definition) is 4. The molecule has 0 amide bonds. The molecule has 2 unspecified atom stereocenters. The van der Waals surface area contributed by atoms with Gasteiger partial charge in [-0.25, -0.2) is 0 Å². The van der Waals surface area contributed by atoms with Crippen molar-refractivity contribution in [1.82, 2.24) is 15.5 Å². The molecule has 2 atom stereocenters. The number of ether oxygens (including phenoxy) is 2. The quantitative estimate of drug-likeness (QED) is 0.378. The van der Waals surface area contributed by atoms with Crippen LogP contribution in [0.15, 0.2) is 59.6 Å². The second kappa shape index (κ2) is 11.6. The molecule has 0 aliphatic carbocycles. The van der Waals surface area contributed by atoms with Gasteiger partial charge in [0.25, 0.3) is 0 Å². The van der Waals surface area contributed by atoms with Crippen molar-refractivity contribution >= 4 is 5.96 Å². The van der Waals surface area contributed by atoms with E-state index in [0.717, 1.165) is 36.8 Å². The Labute approximate surface area is 180 Å². The van der Waals surface area contributed by atoms with Gasteiger partial charge in [0.05, 0.1) is 6.61 Å². The number of nitrogens with one attached hydrogen (secondary N) is 2. The van der Waals surface area contributed by atoms with Crippen LogP contribution in [0.3, 0.4) is 0 Å². The highest BCUT2D eigenvalue weighted by Gasteiger charge is 2.29. The Morgan fingerprint density at radius 2 is 1.90 bits per heavy atom. The summed E-state index contributed by atoms with van der Waals surface area (Å²) < 4.78 is 10.7. The fourth-order valence-corrected chi connectivity index (χ4v) is 3.80. The first-order valence-corrected chi connectivity index (χ1v) is 10.6. The lowest BCUT2D eigenvalue weighted by atomic mass is 10.2. The van der Waals surface area contributed by atoms with Crippen molar-refractivity contribution in [1.29, 1.82) is 0 Å². The Morgan fingerprint density at radius 1 is 1.10 bits per heavy atom. The minimum atomic E-state index is 0.388. The minimum Gasteiger partial charge on any atom is -0.491 e. The Kier molecular flexibility index (Phi) is 8.53. The summed E-state index contributed by atoms with van der Waals surface area (Å²) in [6.45, 7) is 6.13. The molecule has 1 aliphatic heterocycles. The summed E-state index contributed by atoms with van der Waals surface area (Å²) >= 11 is 0. The molecule has 3 rings (SSSR count). The van der Waals surface area contributed by atoms with E-state index in [4.69, 9.17) is 9.47 Å². The average Bonchev–Trinajstić information content (AvgIpc) is 3.11. The van der Waals surface area contributed by atoms with E-state index in [9.17, 15) is 0 Å². The molecule has 1 heterocycles. The van der Waals surface area contributed by atoms with Gasteiger partial charge in [-0.05, 0) is 36.6 Å². The van der Waals surface area contributed by atoms with Crippen LogP contribution in [-0.4, -0.2) is 56.9 Å². The number of aliphatic imine (C=N–C) groups is 1. The first-order chi connectivity index (χ1) is 14.7. The lowest BCUT2D eigenvalue weighted by Gasteiger charge is -2.21. The number of likely N-dealkylation sites (tertiary alicyclic amines) is 1. The first kappa shape index (κ1) is 22.1. The molecule has 0 spiro atoms. The predicted molar refractivity (Wildman–Crippen MR) is 122 cm³/mol. The molecule has 6 heteroatoms. The summed E-state index contributed by atoms with van der Waals surface area (Å²) in [7, 11) is 3.49. The molecule has 0 bridgehead atoms. The highest BCUT2D eigenvalue weighted by atomic mass is 16.5. The van der Waals surface area contributed by atoms with Crippen LogP contribution in [0, 0.1) is 0 Å². The van der Waals surface area contributed by atoms with Crippen molar-refractivity contribution in [3.05, 3.63) is 65.7 Å². The molecule has 2 N–H and O–H groups in total. The van der Waals surface area contributed by atoms with E-state index in [1.165, 1.54) is 5.56 Å². The minimum absolute atomic E-state index is 0.388. The molecule has 30 heavy (non-hydrogen) atoms. The molecule has 0 saturated carbocycles. The molecule has 1 aliphatic rings. The van der Waals surface area contributed by atoms with Crippen molar-refractivity contribution in [2.45, 2.75) is 38.5 Å². The van der Waals surface area contributed by atoms with Crippen LogP contribution in [0.4, 0.5) is 0 Å². The van der Waals surface area contributed by atoms with Gasteiger partial charge in [0.1, 0.15) is 12.4 Å². The summed E-state index contributed by atoms with van der Waals surface area (Å²) in [6, 6.07) is 19.7. The Bertz CT molecular complexity index is 797. The molecule has 1 saturated heterocycles. The van der Waals surface area contributed by atoms with Crippen molar-refractivity contribution < 1.29 is 9.47 Å². The van der Waals surface area contributed by atoms with Crippen LogP contribution >= 0.6 is 0 Å². The lowest BCUT2D eigenvalue weighted by molar-refractivity contribution is 0.146. The standard InChI is InChI=1S/C24H34N4O2/c1-19-14-22(18-28(19)17-20-8-5-4-6-9-20)27-24(25-2)26-16-21-10-7-11-23(15-21)30-13-12-29-3/h4-11,15,19,22H,12-14,16-18H2,1-3H3,(H2,25,26,27). The van der Waals surface area contributed by atoms with Crippen LogP contribution in [0.5, 0.6) is 5.75 Å². The third kappa shape index (κ3) is 6.75. The second-order valence-electron chi connectivity index (χ2n) is 7.76. The zero-order chi connectivity index (χ0) is 21.2. The maximum atomic E-state index is 5.70. The van der Waals surface area contributed by atoms with Gasteiger partial charge in [-0.2, -0.15) is 0 Å². The fourth-order valence-electron chi connectivity index (χ4n) is 3.80. The smallest absolute Gasteiger partial charge is 0.191 e. The summed E-state index contributed by atoms with van der Waals surface area (Å²) in [6.07, 6.45) is 1.11. The monoisotopic (exact) mass is 410 g/mol. The van der Waals surface area contributed by atoms with Crippen molar-refractivity contribution in [2.24, 2.45) is 4.99 Å². The first-order valence-electron chi connectivity index (χ1n) is 10.6. The third-order valence-electron chi connectivity index (χ3n) is 5.41. The van der Waals surface area contributed by atoms with E-state index in [2.05, 4.69) is 69.9 Å². The summed E-state index contributed by atoms with van der Waals surface area (Å²) in [5.74, 6) is 1.69. The number of guanidine groups is 1. The largest absolute Gasteiger partial charge is 0.491 e. The summed E-state index contributed by atoms with van der Waals surface area (Å²) in [4.78, 5) is 6.94. The molecule has 0 aromatic heterocycles. The molecule has 1 fully saturated rings. The molecular formula is C24H34N4O2. The van der Waals surface area contributed by atoms with Crippen LogP contribution in [-0.2, 0) is 17.8 Å². The average molecular weight is 411 g/mol. The maximum absolute atomic E-state index is 5.70.